The predicted molar refractivity (Wildman–Crippen MR) is 81.3 cm³/mol. The summed E-state index contributed by atoms with van der Waals surface area (Å²) in [4.78, 5) is 0.0583. The predicted octanol–water partition coefficient (Wildman–Crippen LogP) is 2.01. The summed E-state index contributed by atoms with van der Waals surface area (Å²) >= 11 is 5.89. The van der Waals surface area contributed by atoms with Crippen molar-refractivity contribution in [1.29, 1.82) is 5.26 Å². The minimum Gasteiger partial charge on any atom is -0.329 e. The molecule has 1 aliphatic carbocycles. The molecule has 0 amide bonds. The lowest BCUT2D eigenvalue weighted by atomic mass is 9.99. The van der Waals surface area contributed by atoms with E-state index in [9.17, 15) is 8.42 Å². The zero-order valence-electron chi connectivity index (χ0n) is 11.5. The van der Waals surface area contributed by atoms with Gasteiger partial charge in [-0.3, -0.25) is 0 Å². The summed E-state index contributed by atoms with van der Waals surface area (Å²) in [5, 5.41) is 8.95. The summed E-state index contributed by atoms with van der Waals surface area (Å²) in [6.07, 6.45) is 4.23. The molecule has 2 rings (SSSR count). The molecule has 0 aromatic heterocycles. The van der Waals surface area contributed by atoms with Crippen molar-refractivity contribution < 1.29 is 8.42 Å². The number of nitrogens with one attached hydrogen (secondary N) is 1. The molecule has 5 nitrogen and oxygen atoms in total. The monoisotopic (exact) mass is 327 g/mol. The van der Waals surface area contributed by atoms with Gasteiger partial charge in [-0.2, -0.15) is 5.26 Å². The Morgan fingerprint density at radius 3 is 2.62 bits per heavy atom. The zero-order valence-corrected chi connectivity index (χ0v) is 13.1. The van der Waals surface area contributed by atoms with E-state index >= 15 is 0 Å². The van der Waals surface area contributed by atoms with Crippen LogP contribution in [-0.2, 0) is 10.0 Å². The molecule has 0 radical (unpaired) electrons. The number of benzene rings is 1. The summed E-state index contributed by atoms with van der Waals surface area (Å²) in [6.45, 7) is 0.272. The van der Waals surface area contributed by atoms with Crippen LogP contribution in [0.4, 0.5) is 0 Å². The molecule has 1 aromatic rings. The van der Waals surface area contributed by atoms with E-state index in [0.29, 0.717) is 5.92 Å². The first-order valence-corrected chi connectivity index (χ1v) is 8.76. The van der Waals surface area contributed by atoms with Crippen LogP contribution in [0.5, 0.6) is 0 Å². The van der Waals surface area contributed by atoms with Crippen LogP contribution < -0.4 is 10.5 Å². The summed E-state index contributed by atoms with van der Waals surface area (Å²) in [7, 11) is -3.68. The standard InChI is InChI=1S/C14H18ClN3O2S/c15-13-7-12(6-5-11(13)8-16)21(19,20)18-14(9-17)10-3-1-2-4-10/h5-7,10,14,18H,1-4,9,17H2. The molecule has 114 valence electrons. The minimum atomic E-state index is -3.68. The van der Waals surface area contributed by atoms with Crippen molar-refractivity contribution in [3.63, 3.8) is 0 Å². The van der Waals surface area contributed by atoms with Gasteiger partial charge in [-0.25, -0.2) is 13.1 Å². The third-order valence-electron chi connectivity index (χ3n) is 3.90. The number of rotatable bonds is 5. The van der Waals surface area contributed by atoms with E-state index in [1.54, 1.807) is 0 Å². The van der Waals surface area contributed by atoms with Crippen molar-refractivity contribution in [3.8, 4) is 6.07 Å². The summed E-state index contributed by atoms with van der Waals surface area (Å²) in [5.74, 6) is 0.290. The average molecular weight is 328 g/mol. The highest BCUT2D eigenvalue weighted by Gasteiger charge is 2.28. The summed E-state index contributed by atoms with van der Waals surface area (Å²) in [6, 6.07) is 5.73. The van der Waals surface area contributed by atoms with Crippen LogP contribution in [-0.4, -0.2) is 21.0 Å². The minimum absolute atomic E-state index is 0.0583. The number of nitrogens with zero attached hydrogens (tertiary/aromatic N) is 1. The lowest BCUT2D eigenvalue weighted by molar-refractivity contribution is 0.405. The molecule has 0 heterocycles. The van der Waals surface area contributed by atoms with E-state index in [-0.39, 0.29) is 28.1 Å². The van der Waals surface area contributed by atoms with Gasteiger partial charge in [-0.15, -0.1) is 0 Å². The van der Waals surface area contributed by atoms with Crippen LogP contribution in [0.25, 0.3) is 0 Å². The smallest absolute Gasteiger partial charge is 0.240 e. The van der Waals surface area contributed by atoms with Crippen LogP contribution in [0.2, 0.25) is 5.02 Å². The molecular weight excluding hydrogens is 310 g/mol. The third kappa shape index (κ3) is 3.74. The van der Waals surface area contributed by atoms with Crippen molar-refractivity contribution in [2.45, 2.75) is 36.6 Å². The molecule has 7 heteroatoms. The zero-order chi connectivity index (χ0) is 15.5. The first-order chi connectivity index (χ1) is 9.97. The largest absolute Gasteiger partial charge is 0.329 e. The molecule has 0 spiro atoms. The molecule has 1 atom stereocenters. The van der Waals surface area contributed by atoms with E-state index in [1.165, 1.54) is 18.2 Å². The van der Waals surface area contributed by atoms with E-state index < -0.39 is 10.0 Å². The molecule has 1 unspecified atom stereocenters. The lowest BCUT2D eigenvalue weighted by Gasteiger charge is -2.23. The van der Waals surface area contributed by atoms with Crippen LogP contribution in [0, 0.1) is 17.2 Å². The quantitative estimate of drug-likeness (QED) is 0.864. The maximum absolute atomic E-state index is 12.4. The van der Waals surface area contributed by atoms with Gasteiger partial charge < -0.3 is 5.73 Å². The van der Waals surface area contributed by atoms with E-state index in [2.05, 4.69) is 4.72 Å². The number of sulfonamides is 1. The maximum Gasteiger partial charge on any atom is 0.240 e. The van der Waals surface area contributed by atoms with E-state index in [4.69, 9.17) is 22.6 Å². The molecule has 21 heavy (non-hydrogen) atoms. The highest BCUT2D eigenvalue weighted by Crippen LogP contribution is 2.28. The van der Waals surface area contributed by atoms with Crippen molar-refractivity contribution in [1.82, 2.24) is 4.72 Å². The Labute approximate surface area is 130 Å². The van der Waals surface area contributed by atoms with Gasteiger partial charge in [0, 0.05) is 12.6 Å². The van der Waals surface area contributed by atoms with Crippen molar-refractivity contribution in [2.75, 3.05) is 6.54 Å². The van der Waals surface area contributed by atoms with Gasteiger partial charge in [0.2, 0.25) is 10.0 Å². The summed E-state index contributed by atoms with van der Waals surface area (Å²) < 4.78 is 27.5. The fraction of sp³-hybridized carbons (Fsp3) is 0.500. The molecule has 1 aliphatic rings. The third-order valence-corrected chi connectivity index (χ3v) is 5.70. The molecule has 1 fully saturated rings. The van der Waals surface area contributed by atoms with Gasteiger partial charge in [0.05, 0.1) is 15.5 Å². The van der Waals surface area contributed by atoms with Crippen molar-refractivity contribution in [3.05, 3.63) is 28.8 Å². The fourth-order valence-corrected chi connectivity index (χ4v) is 4.35. The topological polar surface area (TPSA) is 96.0 Å². The van der Waals surface area contributed by atoms with Crippen molar-refractivity contribution >= 4 is 21.6 Å². The van der Waals surface area contributed by atoms with Crippen LogP contribution in [0.15, 0.2) is 23.1 Å². The number of nitrogens with two attached hydrogens (primary N) is 1. The summed E-state index contributed by atoms with van der Waals surface area (Å²) in [5.41, 5.74) is 5.97. The molecule has 1 saturated carbocycles. The lowest BCUT2D eigenvalue weighted by Crippen LogP contribution is -2.44. The molecule has 0 saturated heterocycles. The Morgan fingerprint density at radius 2 is 2.10 bits per heavy atom. The van der Waals surface area contributed by atoms with Crippen LogP contribution in [0.1, 0.15) is 31.2 Å². The molecule has 3 N–H and O–H groups in total. The second-order valence-corrected chi connectivity index (χ2v) is 7.38. The van der Waals surface area contributed by atoms with E-state index in [1.807, 2.05) is 6.07 Å². The Balaban J connectivity index is 2.21. The Bertz CT molecular complexity index is 649. The average Bonchev–Trinajstić information content (AvgIpc) is 2.98. The highest BCUT2D eigenvalue weighted by atomic mass is 35.5. The number of hydrogen-bond acceptors (Lipinski definition) is 4. The van der Waals surface area contributed by atoms with Crippen LogP contribution in [0.3, 0.4) is 0 Å². The normalized spacial score (nSPS) is 17.6. The molecule has 1 aromatic carbocycles. The fourth-order valence-electron chi connectivity index (χ4n) is 2.72. The van der Waals surface area contributed by atoms with Gasteiger partial charge in [0.25, 0.3) is 0 Å². The SMILES string of the molecule is N#Cc1ccc(S(=O)(=O)NC(CN)C2CCCC2)cc1Cl. The van der Waals surface area contributed by atoms with Crippen molar-refractivity contribution in [2.24, 2.45) is 11.7 Å². The Kier molecular flexibility index (Phi) is 5.22. The second-order valence-electron chi connectivity index (χ2n) is 5.26. The maximum atomic E-state index is 12.4. The van der Waals surface area contributed by atoms with E-state index in [0.717, 1.165) is 25.7 Å². The first-order valence-electron chi connectivity index (χ1n) is 6.90. The second kappa shape index (κ2) is 6.75. The highest BCUT2D eigenvalue weighted by molar-refractivity contribution is 7.89. The van der Waals surface area contributed by atoms with Gasteiger partial charge in [-0.05, 0) is 37.0 Å². The molecular formula is C14H18ClN3O2S. The Morgan fingerprint density at radius 1 is 1.43 bits per heavy atom. The molecule has 0 aliphatic heterocycles. The van der Waals surface area contributed by atoms with Gasteiger partial charge in [0.15, 0.2) is 0 Å². The Hall–Kier alpha value is -1.13. The first kappa shape index (κ1) is 16.2. The molecule has 0 bridgehead atoms. The number of hydrogen-bond donors (Lipinski definition) is 2. The van der Waals surface area contributed by atoms with Gasteiger partial charge in [0.1, 0.15) is 6.07 Å². The number of halogens is 1. The van der Waals surface area contributed by atoms with Gasteiger partial charge in [-0.1, -0.05) is 24.4 Å². The van der Waals surface area contributed by atoms with Gasteiger partial charge >= 0.3 is 0 Å². The van der Waals surface area contributed by atoms with Crippen LogP contribution >= 0.6 is 11.6 Å². The number of nitriles is 1.